The van der Waals surface area contributed by atoms with E-state index < -0.39 is 5.82 Å². The molecular weight excluding hydrogens is 299 g/mol. The lowest BCUT2D eigenvalue weighted by molar-refractivity contribution is 0.407. The van der Waals surface area contributed by atoms with Gasteiger partial charge in [-0.05, 0) is 36.2 Å². The Bertz CT molecular complexity index is 779. The summed E-state index contributed by atoms with van der Waals surface area (Å²) in [7, 11) is 0. The van der Waals surface area contributed by atoms with Gasteiger partial charge in [0.15, 0.2) is 11.6 Å². The number of hydrogen-bond acceptors (Lipinski definition) is 6. The first-order chi connectivity index (χ1) is 10.1. The summed E-state index contributed by atoms with van der Waals surface area (Å²) in [5.41, 5.74) is 0.836. The molecule has 0 aliphatic carbocycles. The average molecular weight is 307 g/mol. The molecule has 0 N–H and O–H groups in total. The molecule has 0 bridgehead atoms. The van der Waals surface area contributed by atoms with E-state index in [9.17, 15) is 4.39 Å². The highest BCUT2D eigenvalue weighted by Gasteiger charge is 2.12. The summed E-state index contributed by atoms with van der Waals surface area (Å²) in [5.74, 6) is -0.406. The Balaban J connectivity index is 1.97. The van der Waals surface area contributed by atoms with E-state index in [4.69, 9.17) is 16.3 Å². The van der Waals surface area contributed by atoms with Crippen LogP contribution in [0.3, 0.4) is 0 Å². The number of hydrogen-bond donors (Lipinski definition) is 0. The van der Waals surface area contributed by atoms with Gasteiger partial charge in [-0.2, -0.15) is 24.7 Å². The van der Waals surface area contributed by atoms with Crippen molar-refractivity contribution < 1.29 is 9.13 Å². The van der Waals surface area contributed by atoms with Gasteiger partial charge < -0.3 is 4.74 Å². The molecule has 2 aromatic heterocycles. The minimum absolute atomic E-state index is 0.00167. The number of ether oxygens (including phenoxy) is 1. The Morgan fingerprint density at radius 1 is 1.24 bits per heavy atom. The third-order valence-corrected chi connectivity index (χ3v) is 2.66. The summed E-state index contributed by atoms with van der Waals surface area (Å²) < 4.78 is 20.3. The monoisotopic (exact) mass is 306 g/mol. The summed E-state index contributed by atoms with van der Waals surface area (Å²) in [6.45, 7) is 1.81. The minimum atomic E-state index is -0.528. The van der Waals surface area contributed by atoms with Crippen LogP contribution in [-0.2, 0) is 0 Å². The Morgan fingerprint density at radius 3 is 2.86 bits per heavy atom. The average Bonchev–Trinajstić information content (AvgIpc) is 2.96. The fourth-order valence-electron chi connectivity index (χ4n) is 1.57. The number of rotatable bonds is 3. The number of aryl methyl sites for hydroxylation is 1. The van der Waals surface area contributed by atoms with Crippen LogP contribution in [0, 0.1) is 12.7 Å². The second-order valence-corrected chi connectivity index (χ2v) is 4.40. The normalized spacial score (nSPS) is 10.6. The quantitative estimate of drug-likeness (QED) is 0.739. The Kier molecular flexibility index (Phi) is 3.44. The summed E-state index contributed by atoms with van der Waals surface area (Å²) in [6.07, 6.45) is 2.71. The van der Waals surface area contributed by atoms with E-state index in [0.717, 1.165) is 5.56 Å². The van der Waals surface area contributed by atoms with Gasteiger partial charge in [-0.25, -0.2) is 9.37 Å². The van der Waals surface area contributed by atoms with Crippen molar-refractivity contribution in [3.8, 4) is 17.7 Å². The predicted octanol–water partition coefficient (Wildman–Crippen LogP) is 2.35. The first-order valence-electron chi connectivity index (χ1n) is 5.82. The first kappa shape index (κ1) is 13.4. The van der Waals surface area contributed by atoms with Crippen LogP contribution >= 0.6 is 11.6 Å². The van der Waals surface area contributed by atoms with Crippen LogP contribution in [0.4, 0.5) is 4.39 Å². The molecule has 2 heterocycles. The molecule has 0 aliphatic heterocycles. The predicted molar refractivity (Wildman–Crippen MR) is 71.0 cm³/mol. The molecule has 0 radical (unpaired) electrons. The van der Waals surface area contributed by atoms with Crippen molar-refractivity contribution in [3.05, 3.63) is 47.5 Å². The van der Waals surface area contributed by atoms with Gasteiger partial charge in [0.25, 0.3) is 5.95 Å². The van der Waals surface area contributed by atoms with Crippen LogP contribution in [0.5, 0.6) is 11.8 Å². The Hall–Kier alpha value is -2.61. The van der Waals surface area contributed by atoms with E-state index in [1.54, 1.807) is 6.07 Å². The van der Waals surface area contributed by atoms with Crippen LogP contribution < -0.4 is 4.74 Å². The highest BCUT2D eigenvalue weighted by Crippen LogP contribution is 2.23. The number of aromatic nitrogens is 6. The largest absolute Gasteiger partial charge is 0.421 e. The van der Waals surface area contributed by atoms with E-state index in [0.29, 0.717) is 0 Å². The molecule has 0 amide bonds. The van der Waals surface area contributed by atoms with Crippen molar-refractivity contribution in [2.24, 2.45) is 0 Å². The molecule has 106 valence electrons. The fraction of sp³-hybridized carbons (Fsp3) is 0.0833. The SMILES string of the molecule is Cc1ccc(F)c(Oc2nc(Cl)nc(-n3cncn3)n2)c1. The summed E-state index contributed by atoms with van der Waals surface area (Å²) in [4.78, 5) is 15.5. The maximum atomic E-state index is 13.7. The molecule has 0 saturated heterocycles. The van der Waals surface area contributed by atoms with Crippen LogP contribution in [0.2, 0.25) is 5.28 Å². The van der Waals surface area contributed by atoms with Crippen molar-refractivity contribution in [2.75, 3.05) is 0 Å². The molecule has 0 unspecified atom stereocenters. The lowest BCUT2D eigenvalue weighted by Crippen LogP contribution is -2.05. The van der Waals surface area contributed by atoms with E-state index in [1.807, 2.05) is 6.92 Å². The van der Waals surface area contributed by atoms with E-state index >= 15 is 0 Å². The number of benzene rings is 1. The van der Waals surface area contributed by atoms with Crippen LogP contribution in [0.1, 0.15) is 5.56 Å². The van der Waals surface area contributed by atoms with Gasteiger partial charge in [0.1, 0.15) is 12.7 Å². The fourth-order valence-corrected chi connectivity index (χ4v) is 1.72. The molecule has 3 rings (SSSR count). The molecule has 9 heteroatoms. The number of nitrogens with zero attached hydrogens (tertiary/aromatic N) is 6. The summed E-state index contributed by atoms with van der Waals surface area (Å²) >= 11 is 5.81. The molecule has 0 spiro atoms. The van der Waals surface area contributed by atoms with Gasteiger partial charge in [0, 0.05) is 0 Å². The maximum Gasteiger partial charge on any atom is 0.328 e. The van der Waals surface area contributed by atoms with Crippen molar-refractivity contribution in [2.45, 2.75) is 6.92 Å². The van der Waals surface area contributed by atoms with Crippen LogP contribution in [-0.4, -0.2) is 29.7 Å². The second kappa shape index (κ2) is 5.41. The lowest BCUT2D eigenvalue weighted by Gasteiger charge is -2.07. The molecule has 3 aromatic rings. The van der Waals surface area contributed by atoms with E-state index in [-0.39, 0.29) is 23.0 Å². The topological polar surface area (TPSA) is 78.6 Å². The Labute approximate surface area is 123 Å². The smallest absolute Gasteiger partial charge is 0.328 e. The zero-order valence-electron chi connectivity index (χ0n) is 10.7. The molecule has 0 aliphatic rings. The van der Waals surface area contributed by atoms with Gasteiger partial charge in [0.05, 0.1) is 0 Å². The van der Waals surface area contributed by atoms with Crippen LogP contribution in [0.15, 0.2) is 30.9 Å². The summed E-state index contributed by atoms with van der Waals surface area (Å²) in [6, 6.07) is 4.32. The van der Waals surface area contributed by atoms with Crippen molar-refractivity contribution in [1.29, 1.82) is 0 Å². The molecular formula is C12H8ClFN6O. The third kappa shape index (κ3) is 2.95. The van der Waals surface area contributed by atoms with Gasteiger partial charge in [-0.1, -0.05) is 6.07 Å². The molecule has 7 nitrogen and oxygen atoms in total. The van der Waals surface area contributed by atoms with E-state index in [2.05, 4.69) is 25.0 Å². The zero-order valence-corrected chi connectivity index (χ0v) is 11.5. The highest BCUT2D eigenvalue weighted by atomic mass is 35.5. The van der Waals surface area contributed by atoms with E-state index in [1.165, 1.54) is 29.5 Å². The summed E-state index contributed by atoms with van der Waals surface area (Å²) in [5, 5.41) is 3.77. The molecule has 0 fully saturated rings. The molecule has 0 atom stereocenters. The molecule has 21 heavy (non-hydrogen) atoms. The number of halogens is 2. The standard InChI is InChI=1S/C12H8ClFN6O/c1-7-2-3-8(14)9(4-7)21-12-18-10(13)17-11(19-12)20-6-15-5-16-20/h2-6H,1H3. The van der Waals surface area contributed by atoms with Crippen molar-refractivity contribution in [3.63, 3.8) is 0 Å². The van der Waals surface area contributed by atoms with Crippen LogP contribution in [0.25, 0.3) is 5.95 Å². The minimum Gasteiger partial charge on any atom is -0.421 e. The maximum absolute atomic E-state index is 13.7. The third-order valence-electron chi connectivity index (χ3n) is 2.49. The van der Waals surface area contributed by atoms with Crippen molar-refractivity contribution in [1.82, 2.24) is 29.7 Å². The Morgan fingerprint density at radius 2 is 2.10 bits per heavy atom. The van der Waals surface area contributed by atoms with Gasteiger partial charge >= 0.3 is 6.01 Å². The highest BCUT2D eigenvalue weighted by molar-refractivity contribution is 6.28. The lowest BCUT2D eigenvalue weighted by atomic mass is 10.2. The molecule has 0 saturated carbocycles. The van der Waals surface area contributed by atoms with Gasteiger partial charge in [0.2, 0.25) is 5.28 Å². The molecule has 1 aromatic carbocycles. The van der Waals surface area contributed by atoms with Gasteiger partial charge in [-0.15, -0.1) is 0 Å². The van der Waals surface area contributed by atoms with Gasteiger partial charge in [-0.3, -0.25) is 0 Å². The first-order valence-corrected chi connectivity index (χ1v) is 6.20. The second-order valence-electron chi connectivity index (χ2n) is 4.06. The zero-order chi connectivity index (χ0) is 14.8. The van der Waals surface area contributed by atoms with Crippen molar-refractivity contribution >= 4 is 11.6 Å².